The summed E-state index contributed by atoms with van der Waals surface area (Å²) in [7, 11) is -3.22. The predicted molar refractivity (Wildman–Crippen MR) is 66.3 cm³/mol. The van der Waals surface area contributed by atoms with Gasteiger partial charge in [-0.25, -0.2) is 13.1 Å². The van der Waals surface area contributed by atoms with Crippen molar-refractivity contribution in [3.05, 3.63) is 0 Å². The molecule has 6 heteroatoms. The zero-order valence-electron chi connectivity index (χ0n) is 10.3. The Kier molecular flexibility index (Phi) is 4.41. The maximum atomic E-state index is 12.2. The molecule has 0 radical (unpaired) electrons. The Morgan fingerprint density at radius 1 is 1.35 bits per heavy atom. The third kappa shape index (κ3) is 3.40. The average Bonchev–Trinajstić information content (AvgIpc) is 2.33. The first-order chi connectivity index (χ1) is 8.09. The van der Waals surface area contributed by atoms with Gasteiger partial charge in [0.1, 0.15) is 0 Å². The molecule has 2 rings (SSSR count). The van der Waals surface area contributed by atoms with E-state index < -0.39 is 10.0 Å². The Hall–Kier alpha value is -0.170. The third-order valence-electron chi connectivity index (χ3n) is 3.66. The first-order valence-electron chi connectivity index (χ1n) is 6.39. The van der Waals surface area contributed by atoms with Crippen molar-refractivity contribution in [1.29, 1.82) is 0 Å². The van der Waals surface area contributed by atoms with Gasteiger partial charge < -0.3 is 10.1 Å². The summed E-state index contributed by atoms with van der Waals surface area (Å²) in [4.78, 5) is 0. The summed E-state index contributed by atoms with van der Waals surface area (Å²) in [5, 5.41) is 2.91. The molecule has 5 nitrogen and oxygen atoms in total. The largest absolute Gasteiger partial charge is 0.380 e. The second-order valence-electron chi connectivity index (χ2n) is 5.08. The van der Waals surface area contributed by atoms with E-state index in [2.05, 4.69) is 17.0 Å². The van der Waals surface area contributed by atoms with Gasteiger partial charge in [-0.15, -0.1) is 0 Å². The normalized spacial score (nSPS) is 35.7. The molecule has 2 fully saturated rings. The van der Waals surface area contributed by atoms with Crippen LogP contribution in [0.3, 0.4) is 0 Å². The summed E-state index contributed by atoms with van der Waals surface area (Å²) in [6, 6.07) is 0.0724. The van der Waals surface area contributed by atoms with Crippen molar-refractivity contribution in [1.82, 2.24) is 10.0 Å². The van der Waals surface area contributed by atoms with E-state index in [0.717, 1.165) is 25.9 Å². The standard InChI is InChI=1S/C11H22N2O3S/c1-9-7-12-5-4-11(9)13-17(14,15)10-3-2-6-16-8-10/h9-13H,2-8H2,1H3. The Bertz CT molecular complexity index is 339. The minimum absolute atomic E-state index is 0.0724. The Morgan fingerprint density at radius 2 is 2.18 bits per heavy atom. The van der Waals surface area contributed by atoms with Crippen molar-refractivity contribution in [3.63, 3.8) is 0 Å². The first kappa shape index (κ1) is 13.3. The van der Waals surface area contributed by atoms with Gasteiger partial charge >= 0.3 is 0 Å². The topological polar surface area (TPSA) is 67.4 Å². The highest BCUT2D eigenvalue weighted by molar-refractivity contribution is 7.90. The molecule has 0 spiro atoms. The molecule has 0 bridgehead atoms. The van der Waals surface area contributed by atoms with Crippen LogP contribution in [0.25, 0.3) is 0 Å². The van der Waals surface area contributed by atoms with Crippen LogP contribution in [0, 0.1) is 5.92 Å². The van der Waals surface area contributed by atoms with E-state index in [1.54, 1.807) is 0 Å². The van der Waals surface area contributed by atoms with Crippen molar-refractivity contribution in [2.24, 2.45) is 5.92 Å². The molecular formula is C11H22N2O3S. The highest BCUT2D eigenvalue weighted by atomic mass is 32.2. The molecule has 0 aromatic heterocycles. The minimum Gasteiger partial charge on any atom is -0.380 e. The van der Waals surface area contributed by atoms with E-state index in [1.807, 2.05) is 0 Å². The number of hydrogen-bond acceptors (Lipinski definition) is 4. The van der Waals surface area contributed by atoms with E-state index in [-0.39, 0.29) is 11.3 Å². The van der Waals surface area contributed by atoms with E-state index >= 15 is 0 Å². The van der Waals surface area contributed by atoms with Crippen molar-refractivity contribution < 1.29 is 13.2 Å². The van der Waals surface area contributed by atoms with Crippen LogP contribution in [0.15, 0.2) is 0 Å². The fourth-order valence-electron chi connectivity index (χ4n) is 2.45. The number of piperidine rings is 1. The van der Waals surface area contributed by atoms with E-state index in [0.29, 0.717) is 25.6 Å². The summed E-state index contributed by atoms with van der Waals surface area (Å²) < 4.78 is 32.5. The van der Waals surface area contributed by atoms with E-state index in [1.165, 1.54) is 0 Å². The lowest BCUT2D eigenvalue weighted by Gasteiger charge is -2.32. The van der Waals surface area contributed by atoms with Crippen molar-refractivity contribution in [3.8, 4) is 0 Å². The smallest absolute Gasteiger partial charge is 0.217 e. The molecule has 100 valence electrons. The predicted octanol–water partition coefficient (Wildman–Crippen LogP) is 0.0828. The van der Waals surface area contributed by atoms with Gasteiger partial charge in [-0.05, 0) is 38.3 Å². The van der Waals surface area contributed by atoms with Crippen LogP contribution in [0.5, 0.6) is 0 Å². The fraction of sp³-hybridized carbons (Fsp3) is 1.00. The van der Waals surface area contributed by atoms with Crippen LogP contribution < -0.4 is 10.0 Å². The van der Waals surface area contributed by atoms with Gasteiger partial charge in [-0.1, -0.05) is 6.92 Å². The fourth-order valence-corrected chi connectivity index (χ4v) is 4.17. The number of nitrogens with one attached hydrogen (secondary N) is 2. The number of rotatable bonds is 3. The van der Waals surface area contributed by atoms with Gasteiger partial charge in [0.15, 0.2) is 0 Å². The molecule has 0 aromatic carbocycles. The Labute approximate surface area is 103 Å². The minimum atomic E-state index is -3.22. The van der Waals surface area contributed by atoms with Crippen molar-refractivity contribution in [2.45, 2.75) is 37.5 Å². The molecule has 3 unspecified atom stereocenters. The molecule has 2 saturated heterocycles. The van der Waals surface area contributed by atoms with Gasteiger partial charge in [-0.3, -0.25) is 0 Å². The monoisotopic (exact) mass is 262 g/mol. The molecule has 0 amide bonds. The number of ether oxygens (including phenoxy) is 1. The second kappa shape index (κ2) is 5.65. The van der Waals surface area contributed by atoms with Crippen LogP contribution >= 0.6 is 0 Å². The van der Waals surface area contributed by atoms with E-state index in [4.69, 9.17) is 4.74 Å². The lowest BCUT2D eigenvalue weighted by atomic mass is 9.97. The Morgan fingerprint density at radius 3 is 2.82 bits per heavy atom. The highest BCUT2D eigenvalue weighted by Crippen LogP contribution is 2.17. The molecule has 2 aliphatic heterocycles. The number of sulfonamides is 1. The molecule has 3 atom stereocenters. The van der Waals surface area contributed by atoms with Gasteiger partial charge in [0, 0.05) is 12.6 Å². The molecule has 2 heterocycles. The molecule has 2 aliphatic rings. The molecule has 2 N–H and O–H groups in total. The third-order valence-corrected chi connectivity index (χ3v) is 5.54. The maximum Gasteiger partial charge on any atom is 0.217 e. The van der Waals surface area contributed by atoms with Crippen molar-refractivity contribution in [2.75, 3.05) is 26.3 Å². The summed E-state index contributed by atoms with van der Waals surface area (Å²) in [6.07, 6.45) is 2.43. The zero-order chi connectivity index (χ0) is 12.3. The summed E-state index contributed by atoms with van der Waals surface area (Å²) >= 11 is 0. The van der Waals surface area contributed by atoms with Crippen LogP contribution in [-0.2, 0) is 14.8 Å². The SMILES string of the molecule is CC1CNCCC1NS(=O)(=O)C1CCCOC1. The molecular weight excluding hydrogens is 240 g/mol. The highest BCUT2D eigenvalue weighted by Gasteiger charge is 2.32. The average molecular weight is 262 g/mol. The molecule has 0 aliphatic carbocycles. The van der Waals surface area contributed by atoms with Crippen LogP contribution in [-0.4, -0.2) is 46.0 Å². The summed E-state index contributed by atoms with van der Waals surface area (Å²) in [5.74, 6) is 0.350. The molecule has 0 saturated carbocycles. The quantitative estimate of drug-likeness (QED) is 0.756. The second-order valence-corrected chi connectivity index (χ2v) is 7.07. The van der Waals surface area contributed by atoms with Crippen LogP contribution in [0.2, 0.25) is 0 Å². The number of hydrogen-bond donors (Lipinski definition) is 2. The summed E-state index contributed by atoms with van der Waals surface area (Å²) in [6.45, 7) is 4.88. The Balaban J connectivity index is 1.95. The zero-order valence-corrected chi connectivity index (χ0v) is 11.1. The van der Waals surface area contributed by atoms with Crippen LogP contribution in [0.4, 0.5) is 0 Å². The lowest BCUT2D eigenvalue weighted by molar-refractivity contribution is 0.0985. The van der Waals surface area contributed by atoms with Gasteiger partial charge in [0.05, 0.1) is 11.9 Å². The van der Waals surface area contributed by atoms with Gasteiger partial charge in [-0.2, -0.15) is 0 Å². The van der Waals surface area contributed by atoms with Gasteiger partial charge in [0.25, 0.3) is 0 Å². The van der Waals surface area contributed by atoms with Crippen LogP contribution in [0.1, 0.15) is 26.2 Å². The first-order valence-corrected chi connectivity index (χ1v) is 7.94. The maximum absolute atomic E-state index is 12.2. The molecule has 17 heavy (non-hydrogen) atoms. The van der Waals surface area contributed by atoms with Crippen molar-refractivity contribution >= 4 is 10.0 Å². The molecule has 0 aromatic rings. The van der Waals surface area contributed by atoms with E-state index in [9.17, 15) is 8.42 Å². The lowest BCUT2D eigenvalue weighted by Crippen LogP contribution is -2.51. The summed E-state index contributed by atoms with van der Waals surface area (Å²) in [5.41, 5.74) is 0. The van der Waals surface area contributed by atoms with Gasteiger partial charge in [0.2, 0.25) is 10.0 Å².